The van der Waals surface area contributed by atoms with Crippen molar-refractivity contribution in [3.8, 4) is 68.8 Å². The lowest BCUT2D eigenvalue weighted by Crippen LogP contribution is -2.08. The van der Waals surface area contributed by atoms with Crippen molar-refractivity contribution in [1.82, 2.24) is 44.0 Å². The van der Waals surface area contributed by atoms with E-state index in [-0.39, 0.29) is 0 Å². The molecule has 11 rings (SSSR count). The molecule has 0 N–H and O–H groups in total. The molecule has 0 aliphatic carbocycles. The van der Waals surface area contributed by atoms with Crippen LogP contribution in [-0.4, -0.2) is 44.0 Å². The van der Waals surface area contributed by atoms with Crippen LogP contribution in [0.5, 0.6) is 0 Å². The largest absolute Gasteiger partial charge is 0.278 e. The standard InChI is InChI=1S/C49H31N9/c1-6-18-32(19-7-1)43-51-44(33-20-8-2-9-21-33)54-48(53-43)57-40-29-17-16-28-37(40)38-30-42-39(31-41(38)57)50-47(36-26-14-5-15-27-36)58(42)49-55-45(34-22-10-3-11-23-34)52-46(56-49)35-24-12-4-13-25-35/h1-31H. The summed E-state index contributed by atoms with van der Waals surface area (Å²) in [5.41, 5.74) is 8.00. The molecule has 4 aromatic heterocycles. The first-order chi connectivity index (χ1) is 28.7. The average molecular weight is 746 g/mol. The highest BCUT2D eigenvalue weighted by molar-refractivity contribution is 6.13. The third kappa shape index (κ3) is 5.77. The maximum absolute atomic E-state index is 5.35. The summed E-state index contributed by atoms with van der Waals surface area (Å²) in [4.78, 5) is 35.9. The molecular formula is C49H31N9. The number of rotatable bonds is 7. The molecule has 0 saturated carbocycles. The van der Waals surface area contributed by atoms with E-state index in [2.05, 4.69) is 51.6 Å². The molecule has 0 bridgehead atoms. The molecule has 0 amide bonds. The van der Waals surface area contributed by atoms with Crippen LogP contribution in [-0.2, 0) is 0 Å². The van der Waals surface area contributed by atoms with E-state index in [1.165, 1.54) is 0 Å². The molecule has 0 aliphatic heterocycles. The van der Waals surface area contributed by atoms with Gasteiger partial charge in [0.2, 0.25) is 11.9 Å². The van der Waals surface area contributed by atoms with Gasteiger partial charge in [-0.15, -0.1) is 0 Å². The number of imidazole rings is 1. The van der Waals surface area contributed by atoms with Crippen LogP contribution >= 0.6 is 0 Å². The summed E-state index contributed by atoms with van der Waals surface area (Å²) in [6, 6.07) is 62.9. The van der Waals surface area contributed by atoms with Crippen LogP contribution in [0.1, 0.15) is 0 Å². The average Bonchev–Trinajstić information content (AvgIpc) is 3.84. The van der Waals surface area contributed by atoms with E-state index in [0.29, 0.717) is 41.0 Å². The van der Waals surface area contributed by atoms with E-state index in [9.17, 15) is 0 Å². The second kappa shape index (κ2) is 13.8. The molecule has 58 heavy (non-hydrogen) atoms. The zero-order valence-corrected chi connectivity index (χ0v) is 30.9. The van der Waals surface area contributed by atoms with Crippen molar-refractivity contribution in [2.24, 2.45) is 0 Å². The SMILES string of the molecule is c1ccc(-c2nc(-c3ccccc3)nc(-n3c(-c4ccccc4)nc4cc5c(cc43)c3ccccc3n5-c3nc(-c4ccccc4)nc(-c4ccccc4)n3)n2)cc1. The molecule has 0 unspecified atom stereocenters. The highest BCUT2D eigenvalue weighted by atomic mass is 15.2. The number of fused-ring (bicyclic) bond motifs is 4. The van der Waals surface area contributed by atoms with Crippen molar-refractivity contribution < 1.29 is 0 Å². The van der Waals surface area contributed by atoms with Gasteiger partial charge in [0.15, 0.2) is 23.3 Å². The quantitative estimate of drug-likeness (QED) is 0.160. The van der Waals surface area contributed by atoms with Gasteiger partial charge in [0.25, 0.3) is 0 Å². The van der Waals surface area contributed by atoms with Crippen molar-refractivity contribution >= 4 is 32.8 Å². The first-order valence-corrected chi connectivity index (χ1v) is 19.0. The van der Waals surface area contributed by atoms with E-state index in [1.807, 2.05) is 146 Å². The van der Waals surface area contributed by atoms with Gasteiger partial charge in [0, 0.05) is 38.6 Å². The highest BCUT2D eigenvalue weighted by Gasteiger charge is 2.23. The Balaban J connectivity index is 1.20. The van der Waals surface area contributed by atoms with E-state index >= 15 is 0 Å². The molecule has 9 heteroatoms. The fraction of sp³-hybridized carbons (Fsp3) is 0. The van der Waals surface area contributed by atoms with E-state index < -0.39 is 0 Å². The number of hydrogen-bond acceptors (Lipinski definition) is 7. The summed E-state index contributed by atoms with van der Waals surface area (Å²) >= 11 is 0. The zero-order chi connectivity index (χ0) is 38.4. The number of para-hydroxylation sites is 1. The Bertz CT molecular complexity index is 3140. The summed E-state index contributed by atoms with van der Waals surface area (Å²) in [5, 5.41) is 2.05. The summed E-state index contributed by atoms with van der Waals surface area (Å²) in [7, 11) is 0. The summed E-state index contributed by atoms with van der Waals surface area (Å²) in [6.45, 7) is 0. The summed E-state index contributed by atoms with van der Waals surface area (Å²) in [6.07, 6.45) is 0. The fourth-order valence-electron chi connectivity index (χ4n) is 7.53. The molecule has 272 valence electrons. The van der Waals surface area contributed by atoms with Crippen molar-refractivity contribution in [3.63, 3.8) is 0 Å². The number of nitrogens with zero attached hydrogens (tertiary/aromatic N) is 9. The minimum absolute atomic E-state index is 0.467. The summed E-state index contributed by atoms with van der Waals surface area (Å²) in [5.74, 6) is 4.01. The Morgan fingerprint density at radius 1 is 0.276 bits per heavy atom. The predicted molar refractivity (Wildman–Crippen MR) is 229 cm³/mol. The highest BCUT2D eigenvalue weighted by Crippen LogP contribution is 2.37. The topological polar surface area (TPSA) is 100 Å². The molecule has 0 saturated heterocycles. The molecule has 0 aliphatic rings. The number of aromatic nitrogens is 9. The van der Waals surface area contributed by atoms with E-state index in [1.54, 1.807) is 0 Å². The maximum Gasteiger partial charge on any atom is 0.240 e. The predicted octanol–water partition coefficient (Wildman–Crippen LogP) is 10.8. The van der Waals surface area contributed by atoms with Gasteiger partial charge in [-0.1, -0.05) is 170 Å². The Morgan fingerprint density at radius 3 is 1.14 bits per heavy atom. The molecule has 0 spiro atoms. The van der Waals surface area contributed by atoms with Crippen molar-refractivity contribution in [2.75, 3.05) is 0 Å². The van der Waals surface area contributed by atoms with Crippen molar-refractivity contribution in [1.29, 1.82) is 0 Å². The Kier molecular flexibility index (Phi) is 7.92. The number of benzene rings is 7. The molecule has 4 heterocycles. The third-order valence-electron chi connectivity index (χ3n) is 10.3. The second-order valence-corrected chi connectivity index (χ2v) is 13.9. The van der Waals surface area contributed by atoms with Gasteiger partial charge in [-0.2, -0.15) is 19.9 Å². The Labute approximate surface area is 332 Å². The Morgan fingerprint density at radius 2 is 0.672 bits per heavy atom. The van der Waals surface area contributed by atoms with Crippen LogP contribution in [0.2, 0.25) is 0 Å². The molecule has 0 atom stereocenters. The Hall–Kier alpha value is -8.17. The van der Waals surface area contributed by atoms with Gasteiger partial charge < -0.3 is 0 Å². The third-order valence-corrected chi connectivity index (χ3v) is 10.3. The summed E-state index contributed by atoms with van der Waals surface area (Å²) < 4.78 is 4.18. The molecule has 11 aromatic rings. The second-order valence-electron chi connectivity index (χ2n) is 13.9. The van der Waals surface area contributed by atoms with Crippen LogP contribution in [0, 0.1) is 0 Å². The van der Waals surface area contributed by atoms with Crippen LogP contribution in [0.3, 0.4) is 0 Å². The van der Waals surface area contributed by atoms with E-state index in [4.69, 9.17) is 34.9 Å². The lowest BCUT2D eigenvalue weighted by atomic mass is 10.1. The molecule has 7 aromatic carbocycles. The molecular weight excluding hydrogens is 715 g/mol. The van der Waals surface area contributed by atoms with Gasteiger partial charge in [0.05, 0.1) is 22.1 Å². The van der Waals surface area contributed by atoms with Crippen LogP contribution in [0.25, 0.3) is 102 Å². The monoisotopic (exact) mass is 745 g/mol. The molecule has 9 nitrogen and oxygen atoms in total. The van der Waals surface area contributed by atoms with Crippen LogP contribution in [0.15, 0.2) is 188 Å². The minimum Gasteiger partial charge on any atom is -0.278 e. The van der Waals surface area contributed by atoms with Crippen LogP contribution < -0.4 is 0 Å². The normalized spacial score (nSPS) is 11.4. The maximum atomic E-state index is 5.35. The van der Waals surface area contributed by atoms with Gasteiger partial charge in [-0.25, -0.2) is 15.0 Å². The first-order valence-electron chi connectivity index (χ1n) is 19.0. The first kappa shape index (κ1) is 33.2. The lowest BCUT2D eigenvalue weighted by Gasteiger charge is -2.12. The minimum atomic E-state index is 0.467. The lowest BCUT2D eigenvalue weighted by molar-refractivity contribution is 0.930. The number of hydrogen-bond donors (Lipinski definition) is 0. The molecule has 0 fully saturated rings. The smallest absolute Gasteiger partial charge is 0.240 e. The van der Waals surface area contributed by atoms with E-state index in [0.717, 1.165) is 60.7 Å². The van der Waals surface area contributed by atoms with Gasteiger partial charge in [-0.05, 0) is 18.2 Å². The van der Waals surface area contributed by atoms with Crippen LogP contribution in [0.4, 0.5) is 0 Å². The van der Waals surface area contributed by atoms with Gasteiger partial charge in [0.1, 0.15) is 5.82 Å². The fourth-order valence-corrected chi connectivity index (χ4v) is 7.53. The molecule has 0 radical (unpaired) electrons. The van der Waals surface area contributed by atoms with Crippen molar-refractivity contribution in [2.45, 2.75) is 0 Å². The van der Waals surface area contributed by atoms with Crippen molar-refractivity contribution in [3.05, 3.63) is 188 Å². The van der Waals surface area contributed by atoms with Gasteiger partial charge >= 0.3 is 0 Å². The van der Waals surface area contributed by atoms with Gasteiger partial charge in [-0.3, -0.25) is 9.13 Å². The zero-order valence-electron chi connectivity index (χ0n) is 30.9.